The number of rotatable bonds is 4. The summed E-state index contributed by atoms with van der Waals surface area (Å²) in [5.41, 5.74) is 6.00. The molecule has 0 radical (unpaired) electrons. The lowest BCUT2D eigenvalue weighted by molar-refractivity contribution is 0.165. The molecule has 0 bridgehead atoms. The van der Waals surface area contributed by atoms with Gasteiger partial charge in [-0.3, -0.25) is 4.79 Å². The third kappa shape index (κ3) is 2.66. The van der Waals surface area contributed by atoms with Gasteiger partial charge in [0.05, 0.1) is 38.5 Å². The van der Waals surface area contributed by atoms with Gasteiger partial charge in [0.1, 0.15) is 17.4 Å². The van der Waals surface area contributed by atoms with Crippen molar-refractivity contribution in [3.8, 4) is 29.1 Å². The molecule has 3 rings (SSSR count). The summed E-state index contributed by atoms with van der Waals surface area (Å²) >= 11 is 0. The minimum atomic E-state index is -0.935. The summed E-state index contributed by atoms with van der Waals surface area (Å²) in [6, 6.07) is 6.74. The first-order chi connectivity index (χ1) is 13.4. The van der Waals surface area contributed by atoms with Crippen LogP contribution in [0, 0.1) is 18.3 Å². The number of aryl methyl sites for hydroxylation is 1. The number of nitriles is 1. The number of nitrogens with zero attached hydrogens (tertiary/aromatic N) is 2. The van der Waals surface area contributed by atoms with E-state index in [0.29, 0.717) is 21.8 Å². The summed E-state index contributed by atoms with van der Waals surface area (Å²) in [7, 11) is 4.35. The van der Waals surface area contributed by atoms with Gasteiger partial charge in [-0.15, -0.1) is 0 Å². The summed E-state index contributed by atoms with van der Waals surface area (Å²) < 4.78 is 22.2. The van der Waals surface area contributed by atoms with Gasteiger partial charge in [0.15, 0.2) is 11.5 Å². The smallest absolute Gasteiger partial charge is 0.291 e. The van der Waals surface area contributed by atoms with Gasteiger partial charge in [0.2, 0.25) is 11.6 Å². The van der Waals surface area contributed by atoms with E-state index in [1.165, 1.54) is 34.3 Å². The third-order valence-corrected chi connectivity index (χ3v) is 4.59. The Morgan fingerprint density at radius 2 is 1.89 bits per heavy atom. The molecule has 0 saturated carbocycles. The molecule has 0 amide bonds. The predicted octanol–water partition coefficient (Wildman–Crippen LogP) is 1.64. The number of benzene rings is 1. The fourth-order valence-electron chi connectivity index (χ4n) is 3.30. The molecule has 28 heavy (non-hydrogen) atoms. The van der Waals surface area contributed by atoms with Crippen molar-refractivity contribution in [2.75, 3.05) is 21.3 Å². The van der Waals surface area contributed by atoms with Crippen LogP contribution in [0.5, 0.6) is 23.0 Å². The Balaban J connectivity index is 2.41. The van der Waals surface area contributed by atoms with Crippen LogP contribution in [-0.4, -0.2) is 31.3 Å². The summed E-state index contributed by atoms with van der Waals surface area (Å²) in [6.45, 7) is 1.54. The highest BCUT2D eigenvalue weighted by molar-refractivity contribution is 5.64. The second-order valence-electron chi connectivity index (χ2n) is 6.03. The zero-order valence-corrected chi connectivity index (χ0v) is 15.8. The maximum absolute atomic E-state index is 12.8. The van der Waals surface area contributed by atoms with Gasteiger partial charge >= 0.3 is 0 Å². The van der Waals surface area contributed by atoms with E-state index in [4.69, 9.17) is 24.7 Å². The number of pyridine rings is 1. The number of allylic oxidation sites excluding steroid dienone is 1. The molecule has 9 heteroatoms. The molecular formula is C19H19N3O6. The predicted molar refractivity (Wildman–Crippen MR) is 98.0 cm³/mol. The number of fused-ring (bicyclic) bond motifs is 1. The first-order valence-corrected chi connectivity index (χ1v) is 8.21. The highest BCUT2D eigenvalue weighted by atomic mass is 16.5. The molecule has 1 aliphatic heterocycles. The van der Waals surface area contributed by atoms with Crippen LogP contribution in [0.1, 0.15) is 22.7 Å². The molecule has 1 atom stereocenters. The summed E-state index contributed by atoms with van der Waals surface area (Å²) in [5, 5.41) is 19.8. The molecule has 1 aromatic carbocycles. The van der Waals surface area contributed by atoms with Crippen LogP contribution in [-0.2, 0) is 0 Å². The lowest BCUT2D eigenvalue weighted by Crippen LogP contribution is -2.32. The van der Waals surface area contributed by atoms with E-state index in [1.807, 2.05) is 6.07 Å². The highest BCUT2D eigenvalue weighted by Gasteiger charge is 2.37. The number of hydrogen-bond acceptors (Lipinski definition) is 8. The van der Waals surface area contributed by atoms with Crippen molar-refractivity contribution in [2.45, 2.75) is 12.8 Å². The Labute approximate surface area is 160 Å². The topological polar surface area (TPSA) is 129 Å². The van der Waals surface area contributed by atoms with Gasteiger partial charge < -0.3 is 29.9 Å². The lowest BCUT2D eigenvalue weighted by Gasteiger charge is -2.28. The minimum Gasteiger partial charge on any atom is -0.493 e. The Kier molecular flexibility index (Phi) is 4.79. The quantitative estimate of drug-likeness (QED) is 0.760. The molecule has 1 aromatic heterocycles. The average molecular weight is 385 g/mol. The van der Waals surface area contributed by atoms with E-state index in [1.54, 1.807) is 12.1 Å². The van der Waals surface area contributed by atoms with E-state index >= 15 is 0 Å². The third-order valence-electron chi connectivity index (χ3n) is 4.59. The Hall–Kier alpha value is -3.80. The second kappa shape index (κ2) is 7.08. The summed E-state index contributed by atoms with van der Waals surface area (Å²) in [5.74, 6) is 0.0642. The van der Waals surface area contributed by atoms with Crippen molar-refractivity contribution >= 4 is 0 Å². The van der Waals surface area contributed by atoms with E-state index < -0.39 is 11.5 Å². The van der Waals surface area contributed by atoms with Crippen molar-refractivity contribution < 1.29 is 24.2 Å². The molecule has 0 unspecified atom stereocenters. The zero-order chi connectivity index (χ0) is 20.6. The molecule has 0 fully saturated rings. The molecule has 2 aromatic rings. The van der Waals surface area contributed by atoms with Crippen molar-refractivity contribution in [1.82, 2.24) is 4.73 Å². The molecule has 3 N–H and O–H groups in total. The maximum Gasteiger partial charge on any atom is 0.291 e. The standard InChI is InChI=1S/C19H19N3O6/c1-9-7-13-15(19(23)22(9)24)14(11(8-20)18(21)28-13)10-5-6-12(25-2)17(27-4)16(10)26-3/h5-7,14,24H,21H2,1-4H3/t14-/m0/s1. The normalized spacial score (nSPS) is 15.3. The van der Waals surface area contributed by atoms with E-state index in [-0.39, 0.29) is 34.2 Å². The second-order valence-corrected chi connectivity index (χ2v) is 6.03. The van der Waals surface area contributed by atoms with Crippen molar-refractivity contribution in [3.05, 3.63) is 56.8 Å². The summed E-state index contributed by atoms with van der Waals surface area (Å²) in [6.07, 6.45) is 0. The van der Waals surface area contributed by atoms with E-state index in [9.17, 15) is 15.3 Å². The number of ether oxygens (including phenoxy) is 4. The Morgan fingerprint density at radius 3 is 2.46 bits per heavy atom. The fraction of sp³-hybridized carbons (Fsp3) is 0.263. The number of hydrogen-bond donors (Lipinski definition) is 2. The first-order valence-electron chi connectivity index (χ1n) is 8.21. The van der Waals surface area contributed by atoms with Crippen molar-refractivity contribution in [3.63, 3.8) is 0 Å². The molecule has 0 spiro atoms. The van der Waals surface area contributed by atoms with Crippen molar-refractivity contribution in [1.29, 1.82) is 5.26 Å². The van der Waals surface area contributed by atoms with Gasteiger partial charge in [-0.05, 0) is 13.0 Å². The number of methoxy groups -OCH3 is 3. The summed E-state index contributed by atoms with van der Waals surface area (Å²) in [4.78, 5) is 12.8. The monoisotopic (exact) mass is 385 g/mol. The van der Waals surface area contributed by atoms with Crippen LogP contribution in [0.4, 0.5) is 0 Å². The SMILES string of the molecule is COc1ccc([C@H]2C(C#N)=C(N)Oc3cc(C)n(O)c(=O)c32)c(OC)c1OC. The largest absolute Gasteiger partial charge is 0.493 e. The Morgan fingerprint density at radius 1 is 1.21 bits per heavy atom. The van der Waals surface area contributed by atoms with Crippen LogP contribution in [0.15, 0.2) is 34.4 Å². The fourth-order valence-corrected chi connectivity index (χ4v) is 3.30. The van der Waals surface area contributed by atoms with Crippen LogP contribution < -0.4 is 30.2 Å². The average Bonchev–Trinajstić information content (AvgIpc) is 2.69. The number of nitrogens with two attached hydrogens (primary N) is 1. The van der Waals surface area contributed by atoms with Crippen molar-refractivity contribution in [2.24, 2.45) is 5.73 Å². The van der Waals surface area contributed by atoms with Gasteiger partial charge in [-0.1, -0.05) is 6.07 Å². The molecule has 0 saturated heterocycles. The van der Waals surface area contributed by atoms with Crippen LogP contribution >= 0.6 is 0 Å². The molecule has 2 heterocycles. The van der Waals surface area contributed by atoms with Crippen LogP contribution in [0.2, 0.25) is 0 Å². The van der Waals surface area contributed by atoms with Crippen LogP contribution in [0.3, 0.4) is 0 Å². The van der Waals surface area contributed by atoms with Gasteiger partial charge in [0.25, 0.3) is 5.56 Å². The Bertz CT molecular complexity index is 1080. The van der Waals surface area contributed by atoms with E-state index in [0.717, 1.165) is 0 Å². The van der Waals surface area contributed by atoms with Gasteiger partial charge in [0, 0.05) is 11.6 Å². The molecular weight excluding hydrogens is 366 g/mol. The highest BCUT2D eigenvalue weighted by Crippen LogP contribution is 2.48. The maximum atomic E-state index is 12.8. The first kappa shape index (κ1) is 19.0. The molecule has 146 valence electrons. The minimum absolute atomic E-state index is 0.0129. The van der Waals surface area contributed by atoms with Gasteiger partial charge in [-0.25, -0.2) is 0 Å². The molecule has 0 aliphatic carbocycles. The van der Waals surface area contributed by atoms with E-state index in [2.05, 4.69) is 0 Å². The number of aromatic nitrogens is 1. The van der Waals surface area contributed by atoms with Gasteiger partial charge in [-0.2, -0.15) is 9.99 Å². The molecule has 9 nitrogen and oxygen atoms in total. The molecule has 1 aliphatic rings. The van der Waals surface area contributed by atoms with Crippen LogP contribution in [0.25, 0.3) is 0 Å². The lowest BCUT2D eigenvalue weighted by atomic mass is 9.83. The zero-order valence-electron chi connectivity index (χ0n) is 15.8.